The number of anilines is 2. The lowest BCUT2D eigenvalue weighted by atomic mass is 10.1. The molecule has 104 valence electrons. The Labute approximate surface area is 114 Å². The fourth-order valence-electron chi connectivity index (χ4n) is 2.42. The number of hydrogen-bond acceptors (Lipinski definition) is 3. The van der Waals surface area contributed by atoms with Crippen molar-refractivity contribution in [2.75, 3.05) is 17.7 Å². The van der Waals surface area contributed by atoms with Gasteiger partial charge in [-0.2, -0.15) is 0 Å². The molecule has 19 heavy (non-hydrogen) atoms. The number of amides is 1. The molecule has 4 heteroatoms. The minimum Gasteiger partial charge on any atom is -0.399 e. The van der Waals surface area contributed by atoms with Crippen molar-refractivity contribution in [3.05, 3.63) is 24.3 Å². The number of nitrogens with two attached hydrogens (primary N) is 1. The van der Waals surface area contributed by atoms with Crippen molar-refractivity contribution >= 4 is 17.3 Å². The number of rotatable bonds is 4. The molecule has 1 fully saturated rings. The summed E-state index contributed by atoms with van der Waals surface area (Å²) in [6.45, 7) is 0.124. The fraction of sp³-hybridized carbons (Fsp3) is 0.533. The molecule has 1 aliphatic rings. The molecule has 0 heterocycles. The van der Waals surface area contributed by atoms with Gasteiger partial charge in [0.25, 0.3) is 0 Å². The predicted molar refractivity (Wildman–Crippen MR) is 76.9 cm³/mol. The first-order valence-corrected chi connectivity index (χ1v) is 7.01. The summed E-state index contributed by atoms with van der Waals surface area (Å²) < 4.78 is 5.68. The Morgan fingerprint density at radius 2 is 2.00 bits per heavy atom. The van der Waals surface area contributed by atoms with Crippen LogP contribution in [0.1, 0.15) is 38.5 Å². The van der Waals surface area contributed by atoms with Gasteiger partial charge in [0.1, 0.15) is 6.61 Å². The molecule has 1 aliphatic carbocycles. The van der Waals surface area contributed by atoms with E-state index in [1.54, 1.807) is 12.1 Å². The summed E-state index contributed by atoms with van der Waals surface area (Å²) in [6, 6.07) is 7.16. The van der Waals surface area contributed by atoms with Crippen molar-refractivity contribution in [1.29, 1.82) is 0 Å². The van der Waals surface area contributed by atoms with Gasteiger partial charge in [-0.05, 0) is 31.0 Å². The molecular weight excluding hydrogens is 240 g/mol. The maximum absolute atomic E-state index is 11.8. The Kier molecular flexibility index (Phi) is 5.21. The van der Waals surface area contributed by atoms with Crippen LogP contribution in [0.5, 0.6) is 0 Å². The monoisotopic (exact) mass is 262 g/mol. The standard InChI is InChI=1S/C15H22N2O2/c16-12-6-5-7-13(10-12)17-15(18)11-19-14-8-3-1-2-4-9-14/h5-7,10,14H,1-4,8-9,11,16H2,(H,17,18). The van der Waals surface area contributed by atoms with Gasteiger partial charge in [-0.15, -0.1) is 0 Å². The summed E-state index contributed by atoms with van der Waals surface area (Å²) in [6.07, 6.45) is 7.39. The van der Waals surface area contributed by atoms with Crippen molar-refractivity contribution in [2.45, 2.75) is 44.6 Å². The lowest BCUT2D eigenvalue weighted by Crippen LogP contribution is -2.23. The third-order valence-corrected chi connectivity index (χ3v) is 3.42. The van der Waals surface area contributed by atoms with Gasteiger partial charge in [-0.1, -0.05) is 31.7 Å². The molecule has 0 aliphatic heterocycles. The highest BCUT2D eigenvalue weighted by atomic mass is 16.5. The van der Waals surface area contributed by atoms with E-state index in [4.69, 9.17) is 10.5 Å². The van der Waals surface area contributed by atoms with Crippen LogP contribution in [0.4, 0.5) is 11.4 Å². The van der Waals surface area contributed by atoms with E-state index in [0.29, 0.717) is 5.69 Å². The van der Waals surface area contributed by atoms with Crippen LogP contribution >= 0.6 is 0 Å². The average Bonchev–Trinajstić information content (AvgIpc) is 2.65. The maximum atomic E-state index is 11.8. The molecule has 1 aromatic carbocycles. The Hall–Kier alpha value is -1.55. The number of hydrogen-bond donors (Lipinski definition) is 2. The highest BCUT2D eigenvalue weighted by Gasteiger charge is 2.14. The first-order valence-electron chi connectivity index (χ1n) is 7.01. The molecule has 0 bridgehead atoms. The molecule has 4 nitrogen and oxygen atoms in total. The highest BCUT2D eigenvalue weighted by molar-refractivity contribution is 5.92. The van der Waals surface area contributed by atoms with Gasteiger partial charge in [0.15, 0.2) is 0 Å². The molecule has 0 unspecified atom stereocenters. The normalized spacial score (nSPS) is 16.8. The number of carbonyl (C=O) groups is 1. The maximum Gasteiger partial charge on any atom is 0.250 e. The molecule has 3 N–H and O–H groups in total. The molecule has 0 spiro atoms. The van der Waals surface area contributed by atoms with Crippen molar-refractivity contribution in [3.8, 4) is 0 Å². The van der Waals surface area contributed by atoms with Gasteiger partial charge >= 0.3 is 0 Å². The molecular formula is C15H22N2O2. The smallest absolute Gasteiger partial charge is 0.250 e. The Morgan fingerprint density at radius 1 is 1.26 bits per heavy atom. The third kappa shape index (κ3) is 4.91. The predicted octanol–water partition coefficient (Wildman–Crippen LogP) is 2.95. The van der Waals surface area contributed by atoms with E-state index in [1.165, 1.54) is 25.7 Å². The van der Waals surface area contributed by atoms with E-state index in [9.17, 15) is 4.79 Å². The second-order valence-electron chi connectivity index (χ2n) is 5.10. The summed E-state index contributed by atoms with van der Waals surface area (Å²) in [5, 5.41) is 2.79. The summed E-state index contributed by atoms with van der Waals surface area (Å²) in [5.74, 6) is -0.116. The first-order chi connectivity index (χ1) is 9.24. The zero-order valence-corrected chi connectivity index (χ0v) is 11.2. The number of ether oxygens (including phenoxy) is 1. The Balaban J connectivity index is 1.75. The van der Waals surface area contributed by atoms with E-state index < -0.39 is 0 Å². The van der Waals surface area contributed by atoms with Gasteiger partial charge in [0.05, 0.1) is 6.10 Å². The van der Waals surface area contributed by atoms with Crippen LogP contribution < -0.4 is 11.1 Å². The van der Waals surface area contributed by atoms with Crippen molar-refractivity contribution in [3.63, 3.8) is 0 Å². The van der Waals surface area contributed by atoms with Crippen LogP contribution in [0.25, 0.3) is 0 Å². The molecule has 0 atom stereocenters. The zero-order valence-electron chi connectivity index (χ0n) is 11.2. The van der Waals surface area contributed by atoms with Crippen LogP contribution in [0.15, 0.2) is 24.3 Å². The minimum absolute atomic E-state index is 0.116. The third-order valence-electron chi connectivity index (χ3n) is 3.42. The van der Waals surface area contributed by atoms with Gasteiger partial charge in [0, 0.05) is 11.4 Å². The highest BCUT2D eigenvalue weighted by Crippen LogP contribution is 2.19. The number of nitrogen functional groups attached to an aromatic ring is 1. The van der Waals surface area contributed by atoms with Gasteiger partial charge in [0.2, 0.25) is 5.91 Å². The summed E-state index contributed by atoms with van der Waals surface area (Å²) in [7, 11) is 0. The fourth-order valence-corrected chi connectivity index (χ4v) is 2.42. The van der Waals surface area contributed by atoms with Crippen molar-refractivity contribution in [2.24, 2.45) is 0 Å². The van der Waals surface area contributed by atoms with Crippen molar-refractivity contribution < 1.29 is 9.53 Å². The van der Waals surface area contributed by atoms with E-state index in [1.807, 2.05) is 12.1 Å². The molecule has 1 aromatic rings. The SMILES string of the molecule is Nc1cccc(NC(=O)COC2CCCCCC2)c1. The largest absolute Gasteiger partial charge is 0.399 e. The topological polar surface area (TPSA) is 64.3 Å². The molecule has 2 rings (SSSR count). The van der Waals surface area contributed by atoms with E-state index in [-0.39, 0.29) is 18.6 Å². The molecule has 0 aromatic heterocycles. The van der Waals surface area contributed by atoms with Gasteiger partial charge < -0.3 is 15.8 Å². The average molecular weight is 262 g/mol. The molecule has 1 saturated carbocycles. The van der Waals surface area contributed by atoms with E-state index in [2.05, 4.69) is 5.32 Å². The zero-order chi connectivity index (χ0) is 13.5. The van der Waals surface area contributed by atoms with Crippen LogP contribution in [-0.4, -0.2) is 18.6 Å². The van der Waals surface area contributed by atoms with Crippen LogP contribution in [0.3, 0.4) is 0 Å². The number of benzene rings is 1. The van der Waals surface area contributed by atoms with E-state index >= 15 is 0 Å². The Morgan fingerprint density at radius 3 is 2.68 bits per heavy atom. The van der Waals surface area contributed by atoms with Crippen LogP contribution in [0, 0.1) is 0 Å². The second kappa shape index (κ2) is 7.14. The second-order valence-corrected chi connectivity index (χ2v) is 5.10. The number of nitrogens with one attached hydrogen (secondary N) is 1. The van der Waals surface area contributed by atoms with Crippen LogP contribution in [-0.2, 0) is 9.53 Å². The lowest BCUT2D eigenvalue weighted by Gasteiger charge is -2.15. The number of carbonyl (C=O) groups excluding carboxylic acids is 1. The van der Waals surface area contributed by atoms with E-state index in [0.717, 1.165) is 18.5 Å². The molecule has 1 amide bonds. The van der Waals surface area contributed by atoms with Crippen LogP contribution in [0.2, 0.25) is 0 Å². The van der Waals surface area contributed by atoms with Crippen molar-refractivity contribution in [1.82, 2.24) is 0 Å². The quantitative estimate of drug-likeness (QED) is 0.647. The Bertz CT molecular complexity index is 412. The minimum atomic E-state index is -0.116. The summed E-state index contributed by atoms with van der Waals surface area (Å²) in [4.78, 5) is 11.8. The lowest BCUT2D eigenvalue weighted by molar-refractivity contribution is -0.122. The molecule has 0 saturated heterocycles. The van der Waals surface area contributed by atoms with Gasteiger partial charge in [-0.3, -0.25) is 4.79 Å². The molecule has 0 radical (unpaired) electrons. The van der Waals surface area contributed by atoms with Gasteiger partial charge in [-0.25, -0.2) is 0 Å². The summed E-state index contributed by atoms with van der Waals surface area (Å²) in [5.41, 5.74) is 7.02. The summed E-state index contributed by atoms with van der Waals surface area (Å²) >= 11 is 0. The first kappa shape index (κ1) is 13.9.